The fourth-order valence-electron chi connectivity index (χ4n) is 5.77. The van der Waals surface area contributed by atoms with Gasteiger partial charge in [0.2, 0.25) is 5.91 Å². The molecule has 0 radical (unpaired) electrons. The van der Waals surface area contributed by atoms with Gasteiger partial charge in [-0.3, -0.25) is 9.59 Å². The van der Waals surface area contributed by atoms with E-state index in [-0.39, 0.29) is 43.1 Å². The largest absolute Gasteiger partial charge is 0.493 e. The Hall–Kier alpha value is -2.07. The van der Waals surface area contributed by atoms with Crippen molar-refractivity contribution in [3.8, 4) is 11.5 Å². The van der Waals surface area contributed by atoms with Crippen molar-refractivity contribution < 1.29 is 34.0 Å². The van der Waals surface area contributed by atoms with E-state index in [1.54, 1.807) is 14.2 Å². The Labute approximate surface area is 258 Å². The molecule has 1 aromatic carbocycles. The van der Waals surface area contributed by atoms with Gasteiger partial charge in [-0.25, -0.2) is 0 Å². The molecule has 1 aliphatic rings. The molecule has 1 saturated carbocycles. The molecule has 0 saturated heterocycles. The minimum Gasteiger partial charge on any atom is -0.493 e. The number of hydrogen-bond acceptors (Lipinski definition) is 7. The molecular formula is C32H55ClN2O7. The Morgan fingerprint density at radius 3 is 2.24 bits per heavy atom. The molecule has 1 aromatic rings. The number of aliphatic hydroxyl groups excluding tert-OH is 1. The number of aliphatic hydroxyl groups is 1. The zero-order valence-corrected chi connectivity index (χ0v) is 27.2. The van der Waals surface area contributed by atoms with E-state index in [1.807, 2.05) is 32.0 Å². The van der Waals surface area contributed by atoms with Crippen molar-refractivity contribution in [3.05, 3.63) is 23.8 Å². The Balaban J connectivity index is 0.00000882. The smallest absolute Gasteiger partial charge is 0.311 e. The Kier molecular flexibility index (Phi) is 16.8. The summed E-state index contributed by atoms with van der Waals surface area (Å²) in [4.78, 5) is 25.0. The van der Waals surface area contributed by atoms with Crippen LogP contribution in [0.25, 0.3) is 0 Å². The summed E-state index contributed by atoms with van der Waals surface area (Å²) >= 11 is 0. The number of amides is 1. The number of ether oxygens (including phenoxy) is 3. The van der Waals surface area contributed by atoms with Crippen LogP contribution >= 0.6 is 12.4 Å². The van der Waals surface area contributed by atoms with Gasteiger partial charge in [-0.05, 0) is 67.6 Å². The number of benzene rings is 1. The highest BCUT2D eigenvalue weighted by Gasteiger charge is 2.42. The van der Waals surface area contributed by atoms with E-state index in [0.29, 0.717) is 49.9 Å². The maximum atomic E-state index is 13.1. The Morgan fingerprint density at radius 1 is 1.02 bits per heavy atom. The molecule has 0 aliphatic heterocycles. The van der Waals surface area contributed by atoms with Gasteiger partial charge in [0.05, 0.1) is 25.2 Å². The predicted octanol–water partition coefficient (Wildman–Crippen LogP) is 4.85. The molecule has 1 aliphatic carbocycles. The number of nitrogens with two attached hydrogens (primary N) is 1. The van der Waals surface area contributed by atoms with Crippen LogP contribution in [0.5, 0.6) is 11.5 Å². The summed E-state index contributed by atoms with van der Waals surface area (Å²) in [5.41, 5.74) is 6.77. The summed E-state index contributed by atoms with van der Waals surface area (Å²) in [7, 11) is 3.29. The molecule has 0 bridgehead atoms. The van der Waals surface area contributed by atoms with Gasteiger partial charge in [0, 0.05) is 38.6 Å². The molecule has 9 nitrogen and oxygen atoms in total. The number of hydrogen-bond donors (Lipinski definition) is 4. The maximum Gasteiger partial charge on any atom is 0.311 e. The normalized spacial score (nSPS) is 17.3. The first-order valence-corrected chi connectivity index (χ1v) is 15.2. The highest BCUT2D eigenvalue weighted by Crippen LogP contribution is 2.38. The number of methoxy groups -OCH3 is 2. The van der Waals surface area contributed by atoms with Gasteiger partial charge in [-0.1, -0.05) is 46.6 Å². The van der Waals surface area contributed by atoms with Crippen molar-refractivity contribution in [2.75, 3.05) is 34.0 Å². The lowest BCUT2D eigenvalue weighted by atomic mass is 9.80. The van der Waals surface area contributed by atoms with E-state index in [1.165, 1.54) is 0 Å². The van der Waals surface area contributed by atoms with Gasteiger partial charge >= 0.3 is 5.97 Å². The molecule has 0 spiro atoms. The summed E-state index contributed by atoms with van der Waals surface area (Å²) in [5.74, 6) is 0.363. The van der Waals surface area contributed by atoms with E-state index in [9.17, 15) is 19.8 Å². The van der Waals surface area contributed by atoms with E-state index >= 15 is 0 Å². The molecule has 4 atom stereocenters. The number of halogens is 1. The van der Waals surface area contributed by atoms with E-state index in [2.05, 4.69) is 19.2 Å². The van der Waals surface area contributed by atoms with E-state index in [4.69, 9.17) is 19.9 Å². The minimum atomic E-state index is -0.882. The lowest BCUT2D eigenvalue weighted by Gasteiger charge is -2.31. The van der Waals surface area contributed by atoms with Crippen molar-refractivity contribution in [1.82, 2.24) is 5.32 Å². The van der Waals surface area contributed by atoms with Crippen molar-refractivity contribution in [1.29, 1.82) is 0 Å². The lowest BCUT2D eigenvalue weighted by Crippen LogP contribution is -2.46. The molecule has 10 heteroatoms. The van der Waals surface area contributed by atoms with Crippen molar-refractivity contribution in [2.24, 2.45) is 34.8 Å². The molecule has 0 unspecified atom stereocenters. The molecule has 0 aromatic heterocycles. The van der Waals surface area contributed by atoms with Gasteiger partial charge < -0.3 is 35.5 Å². The van der Waals surface area contributed by atoms with Crippen LogP contribution in [0, 0.1) is 29.1 Å². The predicted molar refractivity (Wildman–Crippen MR) is 167 cm³/mol. The van der Waals surface area contributed by atoms with E-state index in [0.717, 1.165) is 31.2 Å². The van der Waals surface area contributed by atoms with Gasteiger partial charge in [0.1, 0.15) is 0 Å². The van der Waals surface area contributed by atoms with Gasteiger partial charge in [0.25, 0.3) is 0 Å². The molecule has 42 heavy (non-hydrogen) atoms. The number of carboxylic acid groups (broad SMARTS) is 1. The quantitative estimate of drug-likeness (QED) is 0.162. The van der Waals surface area contributed by atoms with Crippen molar-refractivity contribution >= 4 is 24.3 Å². The molecule has 0 heterocycles. The lowest BCUT2D eigenvalue weighted by molar-refractivity contribution is -0.148. The third-order valence-electron chi connectivity index (χ3n) is 8.74. The fraction of sp³-hybridized carbons (Fsp3) is 0.750. The maximum absolute atomic E-state index is 13.1. The first-order chi connectivity index (χ1) is 19.4. The van der Waals surface area contributed by atoms with Crippen LogP contribution in [-0.4, -0.2) is 68.2 Å². The SMILES string of the molecule is COCCCOc1cc(C[C@@H](C[C@H](N)[C@@H](O)C[C@H](C(=O)NCC2(C(=O)O)CCCC2)C(C)C)C(C)C)ccc1OC.Cl. The van der Waals surface area contributed by atoms with Crippen LogP contribution in [0.2, 0.25) is 0 Å². The minimum absolute atomic E-state index is 0. The van der Waals surface area contributed by atoms with Crippen LogP contribution in [-0.2, 0) is 20.7 Å². The summed E-state index contributed by atoms with van der Waals surface area (Å²) in [6.45, 7) is 9.48. The molecule has 1 amide bonds. The summed E-state index contributed by atoms with van der Waals surface area (Å²) in [6, 6.07) is 5.46. The highest BCUT2D eigenvalue weighted by atomic mass is 35.5. The van der Waals surface area contributed by atoms with Crippen LogP contribution in [0.4, 0.5) is 0 Å². The van der Waals surface area contributed by atoms with Crippen molar-refractivity contribution in [3.63, 3.8) is 0 Å². The molecule has 5 N–H and O–H groups in total. The zero-order chi connectivity index (χ0) is 30.6. The monoisotopic (exact) mass is 614 g/mol. The van der Waals surface area contributed by atoms with E-state index < -0.39 is 29.4 Å². The highest BCUT2D eigenvalue weighted by molar-refractivity contribution is 5.85. The summed E-state index contributed by atoms with van der Waals surface area (Å²) < 4.78 is 16.5. The topological polar surface area (TPSA) is 140 Å². The van der Waals surface area contributed by atoms with Crippen LogP contribution in [0.15, 0.2) is 18.2 Å². The molecule has 242 valence electrons. The average molecular weight is 615 g/mol. The number of rotatable bonds is 19. The summed E-state index contributed by atoms with van der Waals surface area (Å²) in [5, 5.41) is 23.8. The Bertz CT molecular complexity index is 953. The third kappa shape index (κ3) is 11.2. The molecule has 2 rings (SSSR count). The van der Waals surface area contributed by atoms with Crippen LogP contribution in [0.1, 0.15) is 78.2 Å². The number of nitrogens with one attached hydrogen (secondary N) is 1. The molecule has 1 fully saturated rings. The Morgan fingerprint density at radius 2 is 1.69 bits per heavy atom. The standard InChI is InChI=1S/C32H54N2O7.ClH/c1-21(2)24(16-23-10-11-28(40-6)29(17-23)41-15-9-14-39-5)18-26(33)27(35)19-25(22(3)4)30(36)34-20-32(31(37)38)12-7-8-13-32;/h10-11,17,21-22,24-27,35H,7-9,12-16,18-20,33H2,1-6H3,(H,34,36)(H,37,38);1H/t24-,25-,26-,27-;/m0./s1. The number of carbonyl (C=O) groups is 2. The van der Waals surface area contributed by atoms with Gasteiger partial charge in [0.15, 0.2) is 11.5 Å². The van der Waals surface area contributed by atoms with Gasteiger partial charge in [-0.2, -0.15) is 0 Å². The first kappa shape index (κ1) is 38.0. The number of aliphatic carboxylic acids is 1. The number of carboxylic acids is 1. The van der Waals surface area contributed by atoms with Crippen LogP contribution < -0.4 is 20.5 Å². The number of carbonyl (C=O) groups excluding carboxylic acids is 1. The molecular weight excluding hydrogens is 560 g/mol. The third-order valence-corrected chi connectivity index (χ3v) is 8.74. The van der Waals surface area contributed by atoms with Crippen LogP contribution in [0.3, 0.4) is 0 Å². The summed E-state index contributed by atoms with van der Waals surface area (Å²) in [6.07, 6.45) is 4.40. The zero-order valence-electron chi connectivity index (χ0n) is 26.4. The fourth-order valence-corrected chi connectivity index (χ4v) is 5.77. The second kappa shape index (κ2) is 18.6. The first-order valence-electron chi connectivity index (χ1n) is 15.2. The van der Waals surface area contributed by atoms with Gasteiger partial charge in [-0.15, -0.1) is 12.4 Å². The average Bonchev–Trinajstić information content (AvgIpc) is 3.42. The van der Waals surface area contributed by atoms with Crippen molar-refractivity contribution in [2.45, 2.75) is 91.2 Å². The second-order valence-electron chi connectivity index (χ2n) is 12.5. The second-order valence-corrected chi connectivity index (χ2v) is 12.5.